The highest BCUT2D eigenvalue weighted by Crippen LogP contribution is 2.35. The lowest BCUT2D eigenvalue weighted by Crippen LogP contribution is -2.19. The van der Waals surface area contributed by atoms with E-state index in [1.807, 2.05) is 0 Å². The van der Waals surface area contributed by atoms with Gasteiger partial charge in [-0.05, 0) is 31.4 Å². The molecule has 19 heavy (non-hydrogen) atoms. The number of ether oxygens (including phenoxy) is 1. The maximum absolute atomic E-state index is 11.4. The minimum Gasteiger partial charge on any atom is -0.490 e. The minimum absolute atomic E-state index is 0.0440. The monoisotopic (exact) mass is 264 g/mol. The molecular formula is C13H16N2O4. The number of rotatable bonds is 3. The number of aryl methyl sites for hydroxylation is 1. The second kappa shape index (κ2) is 5.26. The van der Waals surface area contributed by atoms with Gasteiger partial charge in [0.15, 0.2) is 5.75 Å². The number of hydrogen-bond donors (Lipinski definition) is 1. The predicted octanol–water partition coefficient (Wildman–Crippen LogP) is 2.17. The maximum Gasteiger partial charge on any atom is 0.312 e. The second-order valence-corrected chi connectivity index (χ2v) is 4.67. The van der Waals surface area contributed by atoms with Crippen LogP contribution in [-0.2, 0) is 11.2 Å². The lowest BCUT2D eigenvalue weighted by Gasteiger charge is -2.11. The van der Waals surface area contributed by atoms with Gasteiger partial charge < -0.3 is 10.1 Å². The first-order chi connectivity index (χ1) is 9.02. The number of methoxy groups -OCH3 is 1. The number of carbonyl (C=O) groups excluding carboxylic acids is 1. The highest BCUT2D eigenvalue weighted by molar-refractivity contribution is 5.79. The summed E-state index contributed by atoms with van der Waals surface area (Å²) in [5, 5.41) is 14.1. The molecule has 0 spiro atoms. The number of nitrogens with one attached hydrogen (secondary N) is 1. The van der Waals surface area contributed by atoms with Crippen molar-refractivity contribution in [2.24, 2.45) is 5.92 Å². The van der Waals surface area contributed by atoms with E-state index in [0.29, 0.717) is 13.0 Å². The molecule has 6 heteroatoms. The van der Waals surface area contributed by atoms with Gasteiger partial charge in [0.05, 0.1) is 12.0 Å². The van der Waals surface area contributed by atoms with Gasteiger partial charge in [0.25, 0.3) is 0 Å². The topological polar surface area (TPSA) is 81.5 Å². The Balaban J connectivity index is 2.37. The van der Waals surface area contributed by atoms with Crippen LogP contribution in [0.1, 0.15) is 18.9 Å². The molecule has 1 N–H and O–H groups in total. The van der Waals surface area contributed by atoms with Gasteiger partial charge in [0.2, 0.25) is 0 Å². The Bertz CT molecular complexity index is 528. The fourth-order valence-corrected chi connectivity index (χ4v) is 2.30. The van der Waals surface area contributed by atoms with Crippen LogP contribution in [0.2, 0.25) is 0 Å². The molecule has 1 aliphatic rings. The molecule has 1 heterocycles. The van der Waals surface area contributed by atoms with Crippen LogP contribution in [0, 0.1) is 16.0 Å². The lowest BCUT2D eigenvalue weighted by atomic mass is 9.98. The molecule has 1 atom stereocenters. The number of fused-ring (bicyclic) bond motifs is 1. The summed E-state index contributed by atoms with van der Waals surface area (Å²) in [6.45, 7) is 2.09. The number of anilines is 1. The molecule has 0 aliphatic carbocycles. The van der Waals surface area contributed by atoms with Crippen molar-refractivity contribution in [3.05, 3.63) is 27.8 Å². The zero-order valence-corrected chi connectivity index (χ0v) is 10.9. The minimum atomic E-state index is -0.464. The molecule has 1 aromatic carbocycles. The number of nitrogens with zero attached hydrogens (tertiary/aromatic N) is 1. The number of hydrogen-bond acceptors (Lipinski definition) is 5. The molecule has 0 bridgehead atoms. The van der Waals surface area contributed by atoms with Crippen molar-refractivity contribution in [2.45, 2.75) is 19.8 Å². The summed E-state index contributed by atoms with van der Waals surface area (Å²) in [5.74, 6) is 0.353. The summed E-state index contributed by atoms with van der Waals surface area (Å²) in [4.78, 5) is 21.9. The summed E-state index contributed by atoms with van der Waals surface area (Å²) in [7, 11) is 1.41. The van der Waals surface area contributed by atoms with Gasteiger partial charge in [-0.1, -0.05) is 0 Å². The molecule has 1 unspecified atom stereocenters. The second-order valence-electron chi connectivity index (χ2n) is 4.67. The van der Waals surface area contributed by atoms with E-state index >= 15 is 0 Å². The van der Waals surface area contributed by atoms with E-state index in [0.717, 1.165) is 17.7 Å². The van der Waals surface area contributed by atoms with Crippen molar-refractivity contribution >= 4 is 17.2 Å². The van der Waals surface area contributed by atoms with E-state index in [9.17, 15) is 14.9 Å². The van der Waals surface area contributed by atoms with Crippen LogP contribution in [0.15, 0.2) is 12.1 Å². The predicted molar refractivity (Wildman–Crippen MR) is 70.6 cm³/mol. The molecule has 0 radical (unpaired) electrons. The van der Waals surface area contributed by atoms with Gasteiger partial charge >= 0.3 is 5.69 Å². The van der Waals surface area contributed by atoms with Crippen LogP contribution in [-0.4, -0.2) is 24.4 Å². The van der Waals surface area contributed by atoms with Crippen LogP contribution >= 0.6 is 0 Å². The highest BCUT2D eigenvalue weighted by atomic mass is 16.6. The Morgan fingerprint density at radius 3 is 2.84 bits per heavy atom. The van der Waals surface area contributed by atoms with Gasteiger partial charge in [-0.25, -0.2) is 0 Å². The molecule has 0 amide bonds. The summed E-state index contributed by atoms with van der Waals surface area (Å²) >= 11 is 0. The number of ketones is 1. The first-order valence-electron chi connectivity index (χ1n) is 6.12. The molecule has 0 saturated carbocycles. The smallest absolute Gasteiger partial charge is 0.312 e. The molecule has 1 aromatic rings. The molecule has 0 aromatic heterocycles. The standard InChI is InChI=1S/C13H16N2O4/c1-8(16)10-4-3-9-5-13(19-2)12(15(17)18)6-11(9)14-7-10/h5-6,10,14H,3-4,7H2,1-2H3. The molecule has 1 aliphatic heterocycles. The first kappa shape index (κ1) is 13.3. The Labute approximate surface area is 110 Å². The molecule has 0 fully saturated rings. The Morgan fingerprint density at radius 1 is 1.53 bits per heavy atom. The number of benzene rings is 1. The van der Waals surface area contributed by atoms with Crippen LogP contribution in [0.25, 0.3) is 0 Å². The van der Waals surface area contributed by atoms with Crippen molar-refractivity contribution < 1.29 is 14.5 Å². The zero-order chi connectivity index (χ0) is 14.0. The normalized spacial score (nSPS) is 17.9. The van der Waals surface area contributed by atoms with Gasteiger partial charge in [0.1, 0.15) is 5.78 Å². The van der Waals surface area contributed by atoms with Crippen molar-refractivity contribution in [1.82, 2.24) is 0 Å². The van der Waals surface area contributed by atoms with Crippen molar-refractivity contribution in [2.75, 3.05) is 19.0 Å². The lowest BCUT2D eigenvalue weighted by molar-refractivity contribution is -0.385. The Morgan fingerprint density at radius 2 is 2.26 bits per heavy atom. The van der Waals surface area contributed by atoms with E-state index in [4.69, 9.17) is 4.74 Å². The fraction of sp³-hybridized carbons (Fsp3) is 0.462. The van der Waals surface area contributed by atoms with Crippen LogP contribution < -0.4 is 10.1 Å². The van der Waals surface area contributed by atoms with Gasteiger partial charge in [0, 0.05) is 24.2 Å². The van der Waals surface area contributed by atoms with Gasteiger partial charge in [-0.15, -0.1) is 0 Å². The van der Waals surface area contributed by atoms with Crippen LogP contribution in [0.4, 0.5) is 11.4 Å². The number of nitro groups is 1. The zero-order valence-electron chi connectivity index (χ0n) is 10.9. The average Bonchev–Trinajstić information content (AvgIpc) is 2.58. The molecule has 102 valence electrons. The Hall–Kier alpha value is -2.11. The SMILES string of the molecule is COc1cc2c(cc1[N+](=O)[O-])NCC(C(C)=O)CC2. The third kappa shape index (κ3) is 2.67. The van der Waals surface area contributed by atoms with Crippen molar-refractivity contribution in [1.29, 1.82) is 0 Å². The summed E-state index contributed by atoms with van der Waals surface area (Å²) < 4.78 is 5.05. The molecule has 2 rings (SSSR count). The average molecular weight is 264 g/mol. The summed E-state index contributed by atoms with van der Waals surface area (Å²) in [5.41, 5.74) is 1.61. The largest absolute Gasteiger partial charge is 0.490 e. The van der Waals surface area contributed by atoms with Crippen molar-refractivity contribution in [3.8, 4) is 5.75 Å². The van der Waals surface area contributed by atoms with E-state index in [1.165, 1.54) is 13.2 Å². The molecule has 0 saturated heterocycles. The van der Waals surface area contributed by atoms with Gasteiger partial charge in [-0.3, -0.25) is 14.9 Å². The third-order valence-corrected chi connectivity index (χ3v) is 3.48. The molecule has 6 nitrogen and oxygen atoms in total. The third-order valence-electron chi connectivity index (χ3n) is 3.48. The van der Waals surface area contributed by atoms with Crippen LogP contribution in [0.5, 0.6) is 5.75 Å². The van der Waals surface area contributed by atoms with Crippen molar-refractivity contribution in [3.63, 3.8) is 0 Å². The van der Waals surface area contributed by atoms with E-state index in [2.05, 4.69) is 5.32 Å². The van der Waals surface area contributed by atoms with E-state index in [-0.39, 0.29) is 23.1 Å². The Kier molecular flexibility index (Phi) is 3.69. The maximum atomic E-state index is 11.4. The summed E-state index contributed by atoms with van der Waals surface area (Å²) in [6, 6.07) is 3.17. The number of nitro benzene ring substituents is 1. The summed E-state index contributed by atoms with van der Waals surface area (Å²) in [6.07, 6.45) is 1.46. The fourth-order valence-electron chi connectivity index (χ4n) is 2.30. The van der Waals surface area contributed by atoms with E-state index in [1.54, 1.807) is 13.0 Å². The quantitative estimate of drug-likeness (QED) is 0.668. The number of carbonyl (C=O) groups is 1. The van der Waals surface area contributed by atoms with Crippen LogP contribution in [0.3, 0.4) is 0 Å². The first-order valence-corrected chi connectivity index (χ1v) is 6.12. The highest BCUT2D eigenvalue weighted by Gasteiger charge is 2.23. The molecular weight excluding hydrogens is 248 g/mol. The number of Topliss-reactive ketones (excluding diaryl/α,β-unsaturated/α-hetero) is 1. The van der Waals surface area contributed by atoms with E-state index < -0.39 is 4.92 Å². The van der Waals surface area contributed by atoms with Gasteiger partial charge in [-0.2, -0.15) is 0 Å².